The van der Waals surface area contributed by atoms with E-state index in [0.717, 1.165) is 22.4 Å². The van der Waals surface area contributed by atoms with Gasteiger partial charge in [-0.25, -0.2) is 4.98 Å². The second-order valence-electron chi connectivity index (χ2n) is 4.28. The van der Waals surface area contributed by atoms with Crippen molar-refractivity contribution in [2.24, 2.45) is 0 Å². The van der Waals surface area contributed by atoms with Gasteiger partial charge in [-0.3, -0.25) is 0 Å². The van der Waals surface area contributed by atoms with Crippen molar-refractivity contribution in [1.82, 2.24) is 14.9 Å². The molecule has 0 radical (unpaired) electrons. The summed E-state index contributed by atoms with van der Waals surface area (Å²) in [4.78, 5) is 4.38. The van der Waals surface area contributed by atoms with Crippen LogP contribution in [0.25, 0.3) is 5.69 Å². The van der Waals surface area contributed by atoms with Crippen LogP contribution in [-0.4, -0.2) is 15.6 Å². The molecule has 17 heavy (non-hydrogen) atoms. The first-order valence-electron chi connectivity index (χ1n) is 5.67. The minimum absolute atomic E-state index is 0.479. The van der Waals surface area contributed by atoms with Crippen LogP contribution in [0, 0.1) is 0 Å². The summed E-state index contributed by atoms with van der Waals surface area (Å²) in [5.74, 6) is 0. The molecule has 0 atom stereocenters. The van der Waals surface area contributed by atoms with Crippen molar-refractivity contribution in [2.45, 2.75) is 26.4 Å². The molecule has 0 saturated heterocycles. The number of aromatic nitrogens is 2. The molecule has 0 spiro atoms. The SMILES string of the molecule is CC(C)NCc1cn(-c2ccc(Br)cc2)cn1. The third-order valence-electron chi connectivity index (χ3n) is 2.45. The van der Waals surface area contributed by atoms with Crippen LogP contribution < -0.4 is 5.32 Å². The molecule has 2 rings (SSSR count). The summed E-state index contributed by atoms with van der Waals surface area (Å²) in [6.45, 7) is 5.07. The van der Waals surface area contributed by atoms with Crippen molar-refractivity contribution in [3.63, 3.8) is 0 Å². The van der Waals surface area contributed by atoms with Gasteiger partial charge in [0.1, 0.15) is 0 Å². The number of hydrogen-bond acceptors (Lipinski definition) is 2. The van der Waals surface area contributed by atoms with Gasteiger partial charge in [0.15, 0.2) is 0 Å². The maximum atomic E-state index is 4.38. The molecule has 0 unspecified atom stereocenters. The molecule has 2 aromatic rings. The maximum absolute atomic E-state index is 4.38. The van der Waals surface area contributed by atoms with Gasteiger partial charge in [0.2, 0.25) is 0 Å². The minimum Gasteiger partial charge on any atom is -0.309 e. The fraction of sp³-hybridized carbons (Fsp3) is 0.308. The Hall–Kier alpha value is -1.13. The Morgan fingerprint density at radius 3 is 2.65 bits per heavy atom. The van der Waals surface area contributed by atoms with Crippen LogP contribution in [0.1, 0.15) is 19.5 Å². The Bertz CT molecular complexity index is 474. The zero-order valence-corrected chi connectivity index (χ0v) is 11.6. The van der Waals surface area contributed by atoms with E-state index in [0.29, 0.717) is 6.04 Å². The highest BCUT2D eigenvalue weighted by Crippen LogP contribution is 2.14. The highest BCUT2D eigenvalue weighted by atomic mass is 79.9. The van der Waals surface area contributed by atoms with Gasteiger partial charge in [-0.2, -0.15) is 0 Å². The molecule has 0 fully saturated rings. The van der Waals surface area contributed by atoms with Crippen molar-refractivity contribution < 1.29 is 0 Å². The van der Waals surface area contributed by atoms with Gasteiger partial charge in [0.25, 0.3) is 0 Å². The van der Waals surface area contributed by atoms with E-state index >= 15 is 0 Å². The van der Waals surface area contributed by atoms with Crippen molar-refractivity contribution in [1.29, 1.82) is 0 Å². The molecule has 0 aliphatic rings. The van der Waals surface area contributed by atoms with Crippen LogP contribution in [-0.2, 0) is 6.54 Å². The van der Waals surface area contributed by atoms with E-state index in [4.69, 9.17) is 0 Å². The summed E-state index contributed by atoms with van der Waals surface area (Å²) in [5, 5.41) is 3.35. The fourth-order valence-electron chi connectivity index (χ4n) is 1.52. The zero-order chi connectivity index (χ0) is 12.3. The zero-order valence-electron chi connectivity index (χ0n) is 10.0. The lowest BCUT2D eigenvalue weighted by atomic mass is 10.3. The number of benzene rings is 1. The van der Waals surface area contributed by atoms with Gasteiger partial charge in [-0.05, 0) is 24.3 Å². The van der Waals surface area contributed by atoms with Gasteiger partial charge >= 0.3 is 0 Å². The van der Waals surface area contributed by atoms with Gasteiger partial charge in [-0.15, -0.1) is 0 Å². The summed E-state index contributed by atoms with van der Waals surface area (Å²) < 4.78 is 3.12. The molecule has 1 aromatic carbocycles. The lowest BCUT2D eigenvalue weighted by molar-refractivity contribution is 0.582. The average molecular weight is 294 g/mol. The smallest absolute Gasteiger partial charge is 0.0995 e. The molecule has 0 bridgehead atoms. The molecular weight excluding hydrogens is 278 g/mol. The number of hydrogen-bond donors (Lipinski definition) is 1. The molecule has 4 heteroatoms. The van der Waals surface area contributed by atoms with E-state index in [1.807, 2.05) is 23.0 Å². The second-order valence-corrected chi connectivity index (χ2v) is 5.20. The van der Waals surface area contributed by atoms with Crippen LogP contribution >= 0.6 is 15.9 Å². The van der Waals surface area contributed by atoms with Crippen LogP contribution in [0.2, 0.25) is 0 Å². The quantitative estimate of drug-likeness (QED) is 0.939. The van der Waals surface area contributed by atoms with Crippen molar-refractivity contribution >= 4 is 15.9 Å². The van der Waals surface area contributed by atoms with E-state index in [2.05, 4.69) is 58.4 Å². The molecule has 0 aliphatic carbocycles. The first kappa shape index (κ1) is 12.3. The Morgan fingerprint density at radius 1 is 1.29 bits per heavy atom. The molecule has 0 amide bonds. The first-order valence-corrected chi connectivity index (χ1v) is 6.46. The lowest BCUT2D eigenvalue weighted by Gasteiger charge is -2.05. The Balaban J connectivity index is 2.10. The normalized spacial score (nSPS) is 11.1. The number of imidazole rings is 1. The fourth-order valence-corrected chi connectivity index (χ4v) is 1.78. The third-order valence-corrected chi connectivity index (χ3v) is 2.98. The standard InChI is InChI=1S/C13H16BrN3/c1-10(2)15-7-12-8-17(9-16-12)13-5-3-11(14)4-6-13/h3-6,8-10,15H,7H2,1-2H3. The first-order chi connectivity index (χ1) is 8.15. The molecule has 1 aromatic heterocycles. The topological polar surface area (TPSA) is 29.9 Å². The maximum Gasteiger partial charge on any atom is 0.0995 e. The molecule has 90 valence electrons. The van der Waals surface area contributed by atoms with Gasteiger partial charge < -0.3 is 9.88 Å². The highest BCUT2D eigenvalue weighted by Gasteiger charge is 2.01. The van der Waals surface area contributed by atoms with Gasteiger partial charge in [-0.1, -0.05) is 29.8 Å². The van der Waals surface area contributed by atoms with Crippen LogP contribution in [0.15, 0.2) is 41.3 Å². The number of nitrogens with zero attached hydrogens (tertiary/aromatic N) is 2. The van der Waals surface area contributed by atoms with Crippen LogP contribution in [0.3, 0.4) is 0 Å². The van der Waals surface area contributed by atoms with Crippen molar-refractivity contribution in [2.75, 3.05) is 0 Å². The van der Waals surface area contributed by atoms with Crippen LogP contribution in [0.4, 0.5) is 0 Å². The monoisotopic (exact) mass is 293 g/mol. The Kier molecular flexibility index (Phi) is 3.97. The van der Waals surface area contributed by atoms with E-state index in [1.54, 1.807) is 0 Å². The number of nitrogens with one attached hydrogen (secondary N) is 1. The Morgan fingerprint density at radius 2 is 2.00 bits per heavy atom. The minimum atomic E-state index is 0.479. The van der Waals surface area contributed by atoms with Crippen molar-refractivity contribution in [3.8, 4) is 5.69 Å². The summed E-state index contributed by atoms with van der Waals surface area (Å²) in [6.07, 6.45) is 3.90. The van der Waals surface area contributed by atoms with Crippen molar-refractivity contribution in [3.05, 3.63) is 47.0 Å². The largest absolute Gasteiger partial charge is 0.309 e. The van der Waals surface area contributed by atoms with E-state index in [1.165, 1.54) is 0 Å². The third kappa shape index (κ3) is 3.41. The number of halogens is 1. The van der Waals surface area contributed by atoms with Crippen LogP contribution in [0.5, 0.6) is 0 Å². The number of rotatable bonds is 4. The molecule has 1 N–H and O–H groups in total. The predicted octanol–water partition coefficient (Wildman–Crippen LogP) is 3.13. The summed E-state index contributed by atoms with van der Waals surface area (Å²) in [5.41, 5.74) is 2.18. The highest BCUT2D eigenvalue weighted by molar-refractivity contribution is 9.10. The summed E-state index contributed by atoms with van der Waals surface area (Å²) >= 11 is 3.43. The summed E-state index contributed by atoms with van der Waals surface area (Å²) in [7, 11) is 0. The van der Waals surface area contributed by atoms with Gasteiger partial charge in [0, 0.05) is 28.9 Å². The van der Waals surface area contributed by atoms with Gasteiger partial charge in [0.05, 0.1) is 12.0 Å². The lowest BCUT2D eigenvalue weighted by Crippen LogP contribution is -2.21. The molecule has 1 heterocycles. The molecule has 3 nitrogen and oxygen atoms in total. The van der Waals surface area contributed by atoms with E-state index < -0.39 is 0 Å². The summed E-state index contributed by atoms with van der Waals surface area (Å²) in [6, 6.07) is 8.66. The second kappa shape index (κ2) is 5.47. The molecule has 0 aliphatic heterocycles. The predicted molar refractivity (Wildman–Crippen MR) is 73.2 cm³/mol. The Labute approximate surface area is 110 Å². The average Bonchev–Trinajstić information content (AvgIpc) is 2.76. The van der Waals surface area contributed by atoms with E-state index in [-0.39, 0.29) is 0 Å². The van der Waals surface area contributed by atoms with E-state index in [9.17, 15) is 0 Å². The molecular formula is C13H16BrN3. The molecule has 0 saturated carbocycles.